The molecule has 1 atom stereocenters. The Balaban J connectivity index is 3.04. The maximum Gasteiger partial charge on any atom is 0.181 e. The Morgan fingerprint density at radius 3 is 2.81 bits per heavy atom. The highest BCUT2D eigenvalue weighted by Gasteiger charge is 2.12. The van der Waals surface area contributed by atoms with Gasteiger partial charge in [0.15, 0.2) is 17.6 Å². The molecule has 0 fully saturated rings. The Hall–Kier alpha value is -1.73. The molecular formula is C12H16N2O2. The standard InChI is InChI=1S/C12H16N2O2/c1-9(7-13)16-12-10(8-14-2)5-4-6-11(12)15-3/h4-6,9,14H,8H2,1-3H3. The van der Waals surface area contributed by atoms with Crippen LogP contribution in [0.3, 0.4) is 0 Å². The zero-order valence-corrected chi connectivity index (χ0v) is 9.78. The first kappa shape index (κ1) is 12.3. The van der Waals surface area contributed by atoms with Crippen LogP contribution < -0.4 is 14.8 Å². The minimum absolute atomic E-state index is 0.494. The van der Waals surface area contributed by atoms with Crippen LogP contribution >= 0.6 is 0 Å². The fourth-order valence-corrected chi connectivity index (χ4v) is 1.39. The van der Waals surface area contributed by atoms with Gasteiger partial charge in [-0.05, 0) is 20.0 Å². The van der Waals surface area contributed by atoms with Gasteiger partial charge < -0.3 is 14.8 Å². The predicted molar refractivity (Wildman–Crippen MR) is 61.5 cm³/mol. The van der Waals surface area contributed by atoms with E-state index in [2.05, 4.69) is 5.32 Å². The summed E-state index contributed by atoms with van der Waals surface area (Å²) in [6.45, 7) is 2.38. The van der Waals surface area contributed by atoms with Gasteiger partial charge >= 0.3 is 0 Å². The molecule has 0 amide bonds. The van der Waals surface area contributed by atoms with Crippen LogP contribution in [0.15, 0.2) is 18.2 Å². The van der Waals surface area contributed by atoms with Crippen molar-refractivity contribution in [2.24, 2.45) is 0 Å². The first-order chi connectivity index (χ1) is 7.72. The predicted octanol–water partition coefficient (Wildman–Crippen LogP) is 1.71. The van der Waals surface area contributed by atoms with Crippen LogP contribution in [0.1, 0.15) is 12.5 Å². The maximum atomic E-state index is 8.75. The van der Waals surface area contributed by atoms with Gasteiger partial charge in [0.05, 0.1) is 7.11 Å². The quantitative estimate of drug-likeness (QED) is 0.820. The van der Waals surface area contributed by atoms with E-state index in [1.807, 2.05) is 31.3 Å². The third kappa shape index (κ3) is 2.88. The molecule has 0 radical (unpaired) electrons. The van der Waals surface area contributed by atoms with Crippen molar-refractivity contribution >= 4 is 0 Å². The van der Waals surface area contributed by atoms with E-state index in [1.54, 1.807) is 14.0 Å². The van der Waals surface area contributed by atoms with Gasteiger partial charge in [0.2, 0.25) is 0 Å². The van der Waals surface area contributed by atoms with Crippen molar-refractivity contribution in [3.05, 3.63) is 23.8 Å². The summed E-state index contributed by atoms with van der Waals surface area (Å²) in [5, 5.41) is 11.8. The Kier molecular flexibility index (Phi) is 4.62. The van der Waals surface area contributed by atoms with Gasteiger partial charge in [0.1, 0.15) is 6.07 Å². The number of nitrogens with zero attached hydrogens (tertiary/aromatic N) is 1. The number of nitrogens with one attached hydrogen (secondary N) is 1. The molecule has 1 unspecified atom stereocenters. The molecule has 0 bridgehead atoms. The number of para-hydroxylation sites is 1. The zero-order chi connectivity index (χ0) is 12.0. The third-order valence-corrected chi connectivity index (χ3v) is 2.12. The first-order valence-electron chi connectivity index (χ1n) is 5.09. The molecule has 4 heteroatoms. The van der Waals surface area contributed by atoms with Crippen molar-refractivity contribution in [2.75, 3.05) is 14.2 Å². The van der Waals surface area contributed by atoms with E-state index >= 15 is 0 Å². The zero-order valence-electron chi connectivity index (χ0n) is 9.78. The molecule has 0 aromatic heterocycles. The average molecular weight is 220 g/mol. The second-order valence-electron chi connectivity index (χ2n) is 3.37. The number of ether oxygens (including phenoxy) is 2. The summed E-state index contributed by atoms with van der Waals surface area (Å²) in [6, 6.07) is 7.70. The minimum Gasteiger partial charge on any atom is -0.493 e. The smallest absolute Gasteiger partial charge is 0.181 e. The molecule has 0 saturated heterocycles. The molecule has 0 saturated carbocycles. The van der Waals surface area contributed by atoms with Crippen LogP contribution in [0.25, 0.3) is 0 Å². The summed E-state index contributed by atoms with van der Waals surface area (Å²) >= 11 is 0. The lowest BCUT2D eigenvalue weighted by Gasteiger charge is -2.15. The molecule has 1 aromatic carbocycles. The van der Waals surface area contributed by atoms with Gasteiger partial charge in [-0.1, -0.05) is 12.1 Å². The van der Waals surface area contributed by atoms with Gasteiger partial charge in [0, 0.05) is 12.1 Å². The van der Waals surface area contributed by atoms with Gasteiger partial charge in [-0.15, -0.1) is 0 Å². The lowest BCUT2D eigenvalue weighted by Crippen LogP contribution is -2.13. The minimum atomic E-state index is -0.494. The van der Waals surface area contributed by atoms with Crippen molar-refractivity contribution in [1.29, 1.82) is 5.26 Å². The highest BCUT2D eigenvalue weighted by atomic mass is 16.5. The molecule has 0 spiro atoms. The second kappa shape index (κ2) is 5.99. The van der Waals surface area contributed by atoms with Gasteiger partial charge in [-0.2, -0.15) is 5.26 Å². The summed E-state index contributed by atoms with van der Waals surface area (Å²) in [6.07, 6.45) is -0.494. The van der Waals surface area contributed by atoms with E-state index < -0.39 is 6.10 Å². The first-order valence-corrected chi connectivity index (χ1v) is 5.09. The lowest BCUT2D eigenvalue weighted by atomic mass is 10.2. The van der Waals surface area contributed by atoms with Crippen LogP contribution in [0.5, 0.6) is 11.5 Å². The number of methoxy groups -OCH3 is 1. The van der Waals surface area contributed by atoms with Crippen LogP contribution in [0, 0.1) is 11.3 Å². The van der Waals surface area contributed by atoms with Crippen LogP contribution in [0.4, 0.5) is 0 Å². The SMILES string of the molecule is CNCc1cccc(OC)c1OC(C)C#N. The van der Waals surface area contributed by atoms with Crippen molar-refractivity contribution in [3.63, 3.8) is 0 Å². The van der Waals surface area contributed by atoms with Crippen LogP contribution in [-0.2, 0) is 6.54 Å². The molecular weight excluding hydrogens is 204 g/mol. The van der Waals surface area contributed by atoms with E-state index in [-0.39, 0.29) is 0 Å². The number of hydrogen-bond acceptors (Lipinski definition) is 4. The van der Waals surface area contributed by atoms with Crippen LogP contribution in [0.2, 0.25) is 0 Å². The largest absolute Gasteiger partial charge is 0.493 e. The summed E-state index contributed by atoms with van der Waals surface area (Å²) in [5.74, 6) is 1.28. The van der Waals surface area contributed by atoms with Gasteiger partial charge in [-0.3, -0.25) is 0 Å². The molecule has 0 heterocycles. The van der Waals surface area contributed by atoms with Crippen molar-refractivity contribution in [1.82, 2.24) is 5.32 Å². The highest BCUT2D eigenvalue weighted by molar-refractivity contribution is 5.46. The van der Waals surface area contributed by atoms with Crippen LogP contribution in [-0.4, -0.2) is 20.3 Å². The number of benzene rings is 1. The molecule has 1 N–H and O–H groups in total. The van der Waals surface area contributed by atoms with Gasteiger partial charge in [0.25, 0.3) is 0 Å². The molecule has 16 heavy (non-hydrogen) atoms. The number of hydrogen-bond donors (Lipinski definition) is 1. The van der Waals surface area contributed by atoms with Crippen molar-refractivity contribution in [3.8, 4) is 17.6 Å². The third-order valence-electron chi connectivity index (χ3n) is 2.12. The molecule has 86 valence electrons. The normalized spacial score (nSPS) is 11.6. The summed E-state index contributed by atoms with van der Waals surface area (Å²) in [5.41, 5.74) is 0.976. The summed E-state index contributed by atoms with van der Waals surface area (Å²) in [4.78, 5) is 0. The Labute approximate surface area is 95.8 Å². The summed E-state index contributed by atoms with van der Waals surface area (Å²) in [7, 11) is 3.44. The Morgan fingerprint density at radius 1 is 1.50 bits per heavy atom. The molecule has 1 aromatic rings. The monoisotopic (exact) mass is 220 g/mol. The van der Waals surface area contributed by atoms with E-state index in [4.69, 9.17) is 14.7 Å². The number of rotatable bonds is 5. The topological polar surface area (TPSA) is 54.3 Å². The number of nitriles is 1. The Morgan fingerprint density at radius 2 is 2.25 bits per heavy atom. The molecule has 0 aliphatic rings. The fraction of sp³-hybridized carbons (Fsp3) is 0.417. The molecule has 4 nitrogen and oxygen atoms in total. The van der Waals surface area contributed by atoms with E-state index in [0.717, 1.165) is 5.56 Å². The molecule has 1 rings (SSSR count). The highest BCUT2D eigenvalue weighted by Crippen LogP contribution is 2.31. The molecule has 0 aliphatic heterocycles. The molecule has 0 aliphatic carbocycles. The van der Waals surface area contributed by atoms with E-state index in [9.17, 15) is 0 Å². The maximum absolute atomic E-state index is 8.75. The fourth-order valence-electron chi connectivity index (χ4n) is 1.39. The lowest BCUT2D eigenvalue weighted by molar-refractivity contribution is 0.257. The summed E-state index contributed by atoms with van der Waals surface area (Å²) < 4.78 is 10.8. The van der Waals surface area contributed by atoms with E-state index in [0.29, 0.717) is 18.0 Å². The Bertz CT molecular complexity index is 385. The van der Waals surface area contributed by atoms with Crippen molar-refractivity contribution < 1.29 is 9.47 Å². The van der Waals surface area contributed by atoms with E-state index in [1.165, 1.54) is 0 Å². The van der Waals surface area contributed by atoms with Gasteiger partial charge in [-0.25, -0.2) is 0 Å². The second-order valence-corrected chi connectivity index (χ2v) is 3.37. The average Bonchev–Trinajstić information content (AvgIpc) is 2.31. The van der Waals surface area contributed by atoms with Crippen molar-refractivity contribution in [2.45, 2.75) is 19.6 Å².